The number of piperazine rings is 1. The van der Waals surface area contributed by atoms with Gasteiger partial charge in [0.05, 0.1) is 0 Å². The van der Waals surface area contributed by atoms with E-state index in [0.29, 0.717) is 13.1 Å². The van der Waals surface area contributed by atoms with Crippen molar-refractivity contribution in [3.63, 3.8) is 0 Å². The van der Waals surface area contributed by atoms with E-state index >= 15 is 0 Å². The third-order valence-corrected chi connectivity index (χ3v) is 5.18. The molecule has 1 amide bonds. The molecular weight excluding hydrogens is 350 g/mol. The summed E-state index contributed by atoms with van der Waals surface area (Å²) >= 11 is 0. The van der Waals surface area contributed by atoms with Crippen molar-refractivity contribution in [1.82, 2.24) is 19.4 Å². The Morgan fingerprint density at radius 3 is 2.25 bits per heavy atom. The molecule has 6 nitrogen and oxygen atoms in total. The van der Waals surface area contributed by atoms with Gasteiger partial charge in [0.25, 0.3) is 5.91 Å². The minimum atomic E-state index is 0.106. The molecule has 144 valence electrons. The van der Waals surface area contributed by atoms with Crippen molar-refractivity contribution in [1.29, 1.82) is 0 Å². The normalized spacial score (nSPS) is 14.4. The quantitative estimate of drug-likeness (QED) is 0.703. The van der Waals surface area contributed by atoms with E-state index in [2.05, 4.69) is 21.8 Å². The van der Waals surface area contributed by atoms with Crippen LogP contribution in [0.15, 0.2) is 54.9 Å². The Morgan fingerprint density at radius 1 is 0.964 bits per heavy atom. The third kappa shape index (κ3) is 3.76. The van der Waals surface area contributed by atoms with Gasteiger partial charge in [0.15, 0.2) is 0 Å². The highest BCUT2D eigenvalue weighted by atomic mass is 16.2. The molecule has 4 rings (SSSR count). The van der Waals surface area contributed by atoms with Gasteiger partial charge < -0.3 is 14.4 Å². The van der Waals surface area contributed by atoms with Crippen LogP contribution in [0.5, 0.6) is 0 Å². The zero-order valence-corrected chi connectivity index (χ0v) is 16.4. The summed E-state index contributed by atoms with van der Waals surface area (Å²) in [5.74, 6) is 2.63. The highest BCUT2D eigenvalue weighted by Gasteiger charge is 2.23. The van der Waals surface area contributed by atoms with Gasteiger partial charge in [-0.3, -0.25) is 4.79 Å². The maximum atomic E-state index is 12.8. The summed E-state index contributed by atoms with van der Waals surface area (Å²) < 4.78 is 1.98. The number of carbonyl (C=O) groups is 1. The Labute approximate surface area is 165 Å². The molecule has 1 aromatic carbocycles. The van der Waals surface area contributed by atoms with Crippen LogP contribution in [0.1, 0.15) is 28.7 Å². The van der Waals surface area contributed by atoms with E-state index in [4.69, 9.17) is 0 Å². The molecule has 1 saturated heterocycles. The van der Waals surface area contributed by atoms with Crippen LogP contribution >= 0.6 is 0 Å². The minimum absolute atomic E-state index is 0.106. The summed E-state index contributed by atoms with van der Waals surface area (Å²) in [6.07, 6.45) is 4.94. The molecule has 0 unspecified atom stereocenters. The molecule has 1 fully saturated rings. The van der Waals surface area contributed by atoms with Gasteiger partial charge in [0.2, 0.25) is 0 Å². The highest BCUT2D eigenvalue weighted by molar-refractivity contribution is 5.94. The van der Waals surface area contributed by atoms with Crippen LogP contribution in [0.2, 0.25) is 0 Å². The molecule has 3 heterocycles. The van der Waals surface area contributed by atoms with E-state index in [1.165, 1.54) is 5.56 Å². The van der Waals surface area contributed by atoms with Crippen LogP contribution in [0.4, 0.5) is 5.82 Å². The van der Waals surface area contributed by atoms with E-state index in [0.717, 1.165) is 42.5 Å². The SMILES string of the molecule is CCc1ccc(C(=O)N2CCN(c3cc(-n4cccc4)nc(C)n3)CC2)cc1. The summed E-state index contributed by atoms with van der Waals surface area (Å²) in [7, 11) is 0. The first kappa shape index (κ1) is 18.2. The van der Waals surface area contributed by atoms with Gasteiger partial charge in [0.1, 0.15) is 17.5 Å². The first-order chi connectivity index (χ1) is 13.6. The number of hydrogen-bond acceptors (Lipinski definition) is 4. The molecule has 28 heavy (non-hydrogen) atoms. The fourth-order valence-electron chi connectivity index (χ4n) is 3.52. The smallest absolute Gasteiger partial charge is 0.253 e. The van der Waals surface area contributed by atoms with E-state index in [1.807, 2.05) is 71.2 Å². The molecule has 2 aromatic heterocycles. The van der Waals surface area contributed by atoms with Crippen LogP contribution in [0.25, 0.3) is 5.82 Å². The number of rotatable bonds is 4. The Bertz CT molecular complexity index is 942. The second-order valence-corrected chi connectivity index (χ2v) is 7.05. The van der Waals surface area contributed by atoms with Gasteiger partial charge in [-0.05, 0) is 43.2 Å². The molecule has 6 heteroatoms. The lowest BCUT2D eigenvalue weighted by molar-refractivity contribution is 0.0746. The Kier molecular flexibility index (Phi) is 5.10. The zero-order chi connectivity index (χ0) is 19.5. The number of aryl methyl sites for hydroxylation is 2. The maximum Gasteiger partial charge on any atom is 0.253 e. The number of anilines is 1. The Morgan fingerprint density at radius 2 is 1.61 bits per heavy atom. The van der Waals surface area contributed by atoms with Crippen molar-refractivity contribution in [3.8, 4) is 5.82 Å². The largest absolute Gasteiger partial charge is 0.353 e. The fraction of sp³-hybridized carbons (Fsp3) is 0.318. The average molecular weight is 375 g/mol. The minimum Gasteiger partial charge on any atom is -0.353 e. The van der Waals surface area contributed by atoms with E-state index < -0.39 is 0 Å². The second kappa shape index (κ2) is 7.84. The number of aromatic nitrogens is 3. The fourth-order valence-corrected chi connectivity index (χ4v) is 3.52. The summed E-state index contributed by atoms with van der Waals surface area (Å²) in [5.41, 5.74) is 2.01. The number of carbonyl (C=O) groups excluding carboxylic acids is 1. The molecule has 0 radical (unpaired) electrons. The number of amides is 1. The van der Waals surface area contributed by atoms with Gasteiger partial charge in [0, 0.05) is 50.2 Å². The second-order valence-electron chi connectivity index (χ2n) is 7.05. The lowest BCUT2D eigenvalue weighted by Gasteiger charge is -2.35. The molecule has 0 atom stereocenters. The lowest BCUT2D eigenvalue weighted by Crippen LogP contribution is -2.49. The lowest BCUT2D eigenvalue weighted by atomic mass is 10.1. The van der Waals surface area contributed by atoms with Crippen LogP contribution in [-0.2, 0) is 6.42 Å². The number of nitrogens with zero attached hydrogens (tertiary/aromatic N) is 5. The van der Waals surface area contributed by atoms with Crippen molar-refractivity contribution in [2.75, 3.05) is 31.1 Å². The summed E-state index contributed by atoms with van der Waals surface area (Å²) in [5, 5.41) is 0. The zero-order valence-electron chi connectivity index (χ0n) is 16.4. The molecule has 0 aliphatic carbocycles. The van der Waals surface area contributed by atoms with Gasteiger partial charge in [-0.2, -0.15) is 0 Å². The summed E-state index contributed by atoms with van der Waals surface area (Å²) in [4.78, 5) is 26.1. The number of benzene rings is 1. The van der Waals surface area contributed by atoms with E-state index in [9.17, 15) is 4.79 Å². The van der Waals surface area contributed by atoms with Crippen LogP contribution < -0.4 is 4.90 Å². The topological polar surface area (TPSA) is 54.3 Å². The van der Waals surface area contributed by atoms with Gasteiger partial charge in [-0.15, -0.1) is 0 Å². The van der Waals surface area contributed by atoms with Crippen molar-refractivity contribution in [2.24, 2.45) is 0 Å². The maximum absolute atomic E-state index is 12.8. The van der Waals surface area contributed by atoms with E-state index in [1.54, 1.807) is 0 Å². The van der Waals surface area contributed by atoms with Crippen molar-refractivity contribution < 1.29 is 4.79 Å². The highest BCUT2D eigenvalue weighted by Crippen LogP contribution is 2.19. The molecule has 0 N–H and O–H groups in total. The average Bonchev–Trinajstić information content (AvgIpc) is 3.28. The van der Waals surface area contributed by atoms with Crippen LogP contribution in [-0.4, -0.2) is 51.5 Å². The third-order valence-electron chi connectivity index (χ3n) is 5.18. The van der Waals surface area contributed by atoms with Gasteiger partial charge >= 0.3 is 0 Å². The van der Waals surface area contributed by atoms with Gasteiger partial charge in [-0.25, -0.2) is 9.97 Å². The predicted octanol–water partition coefficient (Wildman–Crippen LogP) is 3.10. The molecule has 0 saturated carbocycles. The molecular formula is C22H25N5O. The first-order valence-corrected chi connectivity index (χ1v) is 9.76. The molecule has 0 spiro atoms. The van der Waals surface area contributed by atoms with Crippen molar-refractivity contribution in [3.05, 3.63) is 71.8 Å². The predicted molar refractivity (Wildman–Crippen MR) is 110 cm³/mol. The molecule has 1 aliphatic rings. The number of hydrogen-bond donors (Lipinski definition) is 0. The molecule has 0 bridgehead atoms. The first-order valence-electron chi connectivity index (χ1n) is 9.76. The standard InChI is InChI=1S/C22H25N5O/c1-3-18-6-8-19(9-7-18)22(28)27-14-12-26(13-15-27)21-16-20(23-17(2)24-21)25-10-4-5-11-25/h4-11,16H,3,12-15H2,1-2H3. The van der Waals surface area contributed by atoms with Crippen molar-refractivity contribution >= 4 is 11.7 Å². The monoisotopic (exact) mass is 375 g/mol. The van der Waals surface area contributed by atoms with Crippen LogP contribution in [0, 0.1) is 6.92 Å². The molecule has 1 aliphatic heterocycles. The molecule has 3 aromatic rings. The van der Waals surface area contributed by atoms with Crippen LogP contribution in [0.3, 0.4) is 0 Å². The van der Waals surface area contributed by atoms with Crippen molar-refractivity contribution in [2.45, 2.75) is 20.3 Å². The summed E-state index contributed by atoms with van der Waals surface area (Å²) in [6.45, 7) is 6.94. The Balaban J connectivity index is 1.44. The Hall–Kier alpha value is -3.15. The summed E-state index contributed by atoms with van der Waals surface area (Å²) in [6, 6.07) is 13.9. The van der Waals surface area contributed by atoms with Gasteiger partial charge in [-0.1, -0.05) is 19.1 Å². The van der Waals surface area contributed by atoms with E-state index in [-0.39, 0.29) is 5.91 Å².